The number of anilines is 2. The predicted octanol–water partition coefficient (Wildman–Crippen LogP) is 3.32. The fraction of sp³-hybridized carbons (Fsp3) is 0.375. The molecule has 0 saturated carbocycles. The van der Waals surface area contributed by atoms with Crippen LogP contribution in [0.4, 0.5) is 16.0 Å². The summed E-state index contributed by atoms with van der Waals surface area (Å²) in [6, 6.07) is 5.10. The van der Waals surface area contributed by atoms with E-state index >= 15 is 0 Å². The van der Waals surface area contributed by atoms with Crippen LogP contribution in [0.25, 0.3) is 22.9 Å². The average molecular weight is 434 g/mol. The molecular formula is C24H28FN7. The molecule has 2 aliphatic rings. The zero-order valence-corrected chi connectivity index (χ0v) is 18.5. The highest BCUT2D eigenvalue weighted by atomic mass is 19.1. The second-order valence-electron chi connectivity index (χ2n) is 8.73. The van der Waals surface area contributed by atoms with E-state index in [1.165, 1.54) is 6.07 Å². The van der Waals surface area contributed by atoms with E-state index in [-0.39, 0.29) is 11.7 Å². The summed E-state index contributed by atoms with van der Waals surface area (Å²) in [5.41, 5.74) is 18.8. The topological polar surface area (TPSA) is 98.9 Å². The van der Waals surface area contributed by atoms with E-state index in [9.17, 15) is 4.39 Å². The standard InChI is InChI=1S/C24H28FN7/c1-14-18-11-15(4-6-22(18)30-31(14)2)19-13-28-24(32-9-7-17(26)8-10-32)29-23(19)16-3-5-21(27)20(25)12-16/h3,5,11-13,17H,4,6-10,26-27H2,1-2H3. The lowest BCUT2D eigenvalue weighted by atomic mass is 9.90. The van der Waals surface area contributed by atoms with E-state index in [4.69, 9.17) is 21.4 Å². The van der Waals surface area contributed by atoms with Gasteiger partial charge in [0.05, 0.1) is 17.1 Å². The third-order valence-electron chi connectivity index (χ3n) is 6.62. The van der Waals surface area contributed by atoms with Crippen molar-refractivity contribution in [2.75, 3.05) is 23.7 Å². The summed E-state index contributed by atoms with van der Waals surface area (Å²) in [5.74, 6) is 0.211. The molecule has 2 aromatic heterocycles. The van der Waals surface area contributed by atoms with Crippen molar-refractivity contribution in [2.45, 2.75) is 38.6 Å². The first kappa shape index (κ1) is 20.6. The van der Waals surface area contributed by atoms with E-state index < -0.39 is 5.82 Å². The molecule has 3 heterocycles. The lowest BCUT2D eigenvalue weighted by Crippen LogP contribution is -2.40. The van der Waals surface area contributed by atoms with Crippen LogP contribution in [-0.2, 0) is 13.5 Å². The van der Waals surface area contributed by atoms with Crippen LogP contribution in [-0.4, -0.2) is 38.9 Å². The lowest BCUT2D eigenvalue weighted by molar-refractivity contribution is 0.495. The van der Waals surface area contributed by atoms with Crippen molar-refractivity contribution in [3.05, 3.63) is 52.7 Å². The van der Waals surface area contributed by atoms with Crippen molar-refractivity contribution in [1.29, 1.82) is 0 Å². The molecule has 4 N–H and O–H groups in total. The van der Waals surface area contributed by atoms with Gasteiger partial charge < -0.3 is 16.4 Å². The SMILES string of the molecule is Cc1c2c(nn1C)CCC(c1cnc(N3CCC(N)CC3)nc1-c1ccc(N)c(F)c1)=C2. The first-order chi connectivity index (χ1) is 15.4. The molecule has 1 saturated heterocycles. The number of hydrogen-bond acceptors (Lipinski definition) is 6. The van der Waals surface area contributed by atoms with Crippen LogP contribution in [0, 0.1) is 12.7 Å². The molecule has 1 aliphatic carbocycles. The molecule has 8 heteroatoms. The highest BCUT2D eigenvalue weighted by Crippen LogP contribution is 2.37. The van der Waals surface area contributed by atoms with Crippen molar-refractivity contribution in [3.8, 4) is 11.3 Å². The van der Waals surface area contributed by atoms with Gasteiger partial charge >= 0.3 is 0 Å². The Labute approximate surface area is 187 Å². The minimum atomic E-state index is -0.444. The second kappa shape index (κ2) is 8.02. The molecule has 3 aromatic rings. The Morgan fingerprint density at radius 3 is 2.69 bits per heavy atom. The van der Waals surface area contributed by atoms with Crippen LogP contribution in [0.15, 0.2) is 24.4 Å². The van der Waals surface area contributed by atoms with Crippen molar-refractivity contribution in [3.63, 3.8) is 0 Å². The van der Waals surface area contributed by atoms with Crippen LogP contribution in [0.3, 0.4) is 0 Å². The van der Waals surface area contributed by atoms with Gasteiger partial charge in [-0.25, -0.2) is 14.4 Å². The van der Waals surface area contributed by atoms with Gasteiger partial charge in [-0.3, -0.25) is 4.68 Å². The molecule has 0 amide bonds. The summed E-state index contributed by atoms with van der Waals surface area (Å²) in [6.45, 7) is 3.70. The van der Waals surface area contributed by atoms with E-state index in [1.54, 1.807) is 6.07 Å². The van der Waals surface area contributed by atoms with Crippen molar-refractivity contribution >= 4 is 23.3 Å². The van der Waals surface area contributed by atoms with Gasteiger partial charge in [-0.15, -0.1) is 0 Å². The van der Waals surface area contributed by atoms with Gasteiger partial charge in [-0.1, -0.05) is 6.07 Å². The van der Waals surface area contributed by atoms with E-state index in [0.29, 0.717) is 11.5 Å². The van der Waals surface area contributed by atoms with Crippen LogP contribution in [0.5, 0.6) is 0 Å². The van der Waals surface area contributed by atoms with Gasteiger partial charge in [0.2, 0.25) is 5.95 Å². The molecule has 0 unspecified atom stereocenters. The average Bonchev–Trinajstić information content (AvgIpc) is 3.09. The van der Waals surface area contributed by atoms with Gasteiger partial charge in [0, 0.05) is 54.8 Å². The normalized spacial score (nSPS) is 16.8. The van der Waals surface area contributed by atoms with Crippen LogP contribution < -0.4 is 16.4 Å². The lowest BCUT2D eigenvalue weighted by Gasteiger charge is -2.30. The summed E-state index contributed by atoms with van der Waals surface area (Å²) in [6.07, 6.45) is 7.55. The molecule has 32 heavy (non-hydrogen) atoms. The van der Waals surface area contributed by atoms with Crippen molar-refractivity contribution in [2.24, 2.45) is 12.8 Å². The number of nitrogen functional groups attached to an aromatic ring is 1. The van der Waals surface area contributed by atoms with Gasteiger partial charge in [0.1, 0.15) is 5.82 Å². The minimum Gasteiger partial charge on any atom is -0.396 e. The van der Waals surface area contributed by atoms with Gasteiger partial charge in [0.15, 0.2) is 0 Å². The summed E-state index contributed by atoms with van der Waals surface area (Å²) < 4.78 is 16.3. The van der Waals surface area contributed by atoms with E-state index in [2.05, 4.69) is 23.0 Å². The molecule has 0 atom stereocenters. The number of aromatic nitrogens is 4. The van der Waals surface area contributed by atoms with Gasteiger partial charge in [-0.05, 0) is 56.4 Å². The molecule has 166 valence electrons. The Morgan fingerprint density at radius 2 is 1.94 bits per heavy atom. The zero-order chi connectivity index (χ0) is 22.4. The number of allylic oxidation sites excluding steroid dienone is 1. The van der Waals surface area contributed by atoms with Crippen LogP contribution in [0.1, 0.15) is 41.8 Å². The number of nitrogens with zero attached hydrogens (tertiary/aromatic N) is 5. The molecule has 5 rings (SSSR count). The molecule has 7 nitrogen and oxygen atoms in total. The molecule has 0 radical (unpaired) electrons. The highest BCUT2D eigenvalue weighted by Gasteiger charge is 2.24. The van der Waals surface area contributed by atoms with Gasteiger partial charge in [-0.2, -0.15) is 5.10 Å². The maximum atomic E-state index is 14.4. The molecular weight excluding hydrogens is 405 g/mol. The quantitative estimate of drug-likeness (QED) is 0.615. The maximum absolute atomic E-state index is 14.4. The number of fused-ring (bicyclic) bond motifs is 1. The fourth-order valence-electron chi connectivity index (χ4n) is 4.53. The molecule has 0 bridgehead atoms. The Hall–Kier alpha value is -3.26. The smallest absolute Gasteiger partial charge is 0.225 e. The predicted molar refractivity (Wildman–Crippen MR) is 125 cm³/mol. The molecule has 1 aliphatic heterocycles. The summed E-state index contributed by atoms with van der Waals surface area (Å²) >= 11 is 0. The molecule has 0 spiro atoms. The summed E-state index contributed by atoms with van der Waals surface area (Å²) in [7, 11) is 1.96. The molecule has 1 fully saturated rings. The largest absolute Gasteiger partial charge is 0.396 e. The number of halogens is 1. The number of piperidine rings is 1. The highest BCUT2D eigenvalue weighted by molar-refractivity contribution is 5.90. The number of benzene rings is 1. The van der Waals surface area contributed by atoms with Crippen LogP contribution in [0.2, 0.25) is 0 Å². The number of hydrogen-bond donors (Lipinski definition) is 2. The summed E-state index contributed by atoms with van der Waals surface area (Å²) in [5, 5.41) is 4.62. The zero-order valence-electron chi connectivity index (χ0n) is 18.5. The maximum Gasteiger partial charge on any atom is 0.225 e. The third kappa shape index (κ3) is 3.64. The number of rotatable bonds is 3. The number of aryl methyl sites for hydroxylation is 2. The van der Waals surface area contributed by atoms with E-state index in [0.717, 1.165) is 72.6 Å². The Morgan fingerprint density at radius 1 is 1.16 bits per heavy atom. The first-order valence-corrected chi connectivity index (χ1v) is 11.1. The van der Waals surface area contributed by atoms with Crippen molar-refractivity contribution < 1.29 is 4.39 Å². The monoisotopic (exact) mass is 433 g/mol. The Kier molecular flexibility index (Phi) is 5.17. The summed E-state index contributed by atoms with van der Waals surface area (Å²) in [4.78, 5) is 11.8. The minimum absolute atomic E-state index is 0.127. The molecule has 1 aromatic carbocycles. The van der Waals surface area contributed by atoms with E-state index in [1.807, 2.05) is 24.0 Å². The first-order valence-electron chi connectivity index (χ1n) is 11.1. The van der Waals surface area contributed by atoms with Crippen LogP contribution >= 0.6 is 0 Å². The Bertz CT molecular complexity index is 1210. The third-order valence-corrected chi connectivity index (χ3v) is 6.62. The fourth-order valence-corrected chi connectivity index (χ4v) is 4.53. The van der Waals surface area contributed by atoms with Crippen molar-refractivity contribution in [1.82, 2.24) is 19.7 Å². The second-order valence-corrected chi connectivity index (χ2v) is 8.73. The van der Waals surface area contributed by atoms with Gasteiger partial charge in [0.25, 0.3) is 0 Å². The number of nitrogens with two attached hydrogens (primary N) is 2. The Balaban J connectivity index is 1.62.